The Morgan fingerprint density at radius 3 is 2.58 bits per heavy atom. The van der Waals surface area contributed by atoms with Gasteiger partial charge < -0.3 is 11.1 Å². The Labute approximate surface area is 113 Å². The molecule has 0 aliphatic heterocycles. The molecule has 0 radical (unpaired) electrons. The van der Waals surface area contributed by atoms with E-state index in [0.29, 0.717) is 5.56 Å². The van der Waals surface area contributed by atoms with Crippen molar-refractivity contribution in [3.63, 3.8) is 0 Å². The predicted molar refractivity (Wildman–Crippen MR) is 78.9 cm³/mol. The zero-order valence-corrected chi connectivity index (χ0v) is 11.3. The van der Waals surface area contributed by atoms with Gasteiger partial charge in [-0.1, -0.05) is 24.3 Å². The third-order valence-corrected chi connectivity index (χ3v) is 3.24. The summed E-state index contributed by atoms with van der Waals surface area (Å²) in [5, 5.41) is 3.35. The van der Waals surface area contributed by atoms with Crippen molar-refractivity contribution in [2.75, 3.05) is 17.6 Å². The molecule has 0 atom stereocenters. The standard InChI is InChI=1S/C16H19FN2/c1-11-4-3-5-15(18)16(11)19-9-8-13-6-7-14(17)12(2)10-13/h3-7,10,19H,8-9,18H2,1-2H3. The van der Waals surface area contributed by atoms with Crippen LogP contribution in [0.3, 0.4) is 0 Å². The molecule has 0 aliphatic carbocycles. The van der Waals surface area contributed by atoms with Crippen molar-refractivity contribution in [3.8, 4) is 0 Å². The van der Waals surface area contributed by atoms with Gasteiger partial charge in [0, 0.05) is 6.54 Å². The first kappa shape index (κ1) is 13.4. The largest absolute Gasteiger partial charge is 0.397 e. The smallest absolute Gasteiger partial charge is 0.126 e. The van der Waals surface area contributed by atoms with Crippen molar-refractivity contribution in [2.24, 2.45) is 0 Å². The van der Waals surface area contributed by atoms with Gasteiger partial charge in [0.2, 0.25) is 0 Å². The molecule has 2 aromatic carbocycles. The molecule has 0 aromatic heterocycles. The van der Waals surface area contributed by atoms with Crippen LogP contribution in [0.2, 0.25) is 0 Å². The monoisotopic (exact) mass is 258 g/mol. The molecule has 2 rings (SSSR count). The summed E-state index contributed by atoms with van der Waals surface area (Å²) >= 11 is 0. The highest BCUT2D eigenvalue weighted by Crippen LogP contribution is 2.22. The van der Waals surface area contributed by atoms with Crippen LogP contribution in [0.25, 0.3) is 0 Å². The van der Waals surface area contributed by atoms with E-state index in [2.05, 4.69) is 5.32 Å². The van der Waals surface area contributed by atoms with Crippen LogP contribution in [0.1, 0.15) is 16.7 Å². The summed E-state index contributed by atoms with van der Waals surface area (Å²) < 4.78 is 13.2. The third-order valence-electron chi connectivity index (χ3n) is 3.24. The minimum Gasteiger partial charge on any atom is -0.397 e. The fourth-order valence-electron chi connectivity index (χ4n) is 2.13. The number of anilines is 2. The van der Waals surface area contributed by atoms with E-state index in [0.717, 1.165) is 35.5 Å². The molecule has 3 N–H and O–H groups in total. The molecule has 0 saturated heterocycles. The molecule has 0 bridgehead atoms. The van der Waals surface area contributed by atoms with Crippen molar-refractivity contribution in [3.05, 3.63) is 58.9 Å². The van der Waals surface area contributed by atoms with Gasteiger partial charge >= 0.3 is 0 Å². The molecule has 0 aliphatic rings. The Morgan fingerprint density at radius 2 is 1.89 bits per heavy atom. The van der Waals surface area contributed by atoms with Crippen molar-refractivity contribution in [2.45, 2.75) is 20.3 Å². The zero-order valence-electron chi connectivity index (χ0n) is 11.3. The average Bonchev–Trinajstić information content (AvgIpc) is 2.37. The Balaban J connectivity index is 1.98. The fourth-order valence-corrected chi connectivity index (χ4v) is 2.13. The maximum absolute atomic E-state index is 13.2. The van der Waals surface area contributed by atoms with Gasteiger partial charge in [-0.25, -0.2) is 4.39 Å². The number of rotatable bonds is 4. The summed E-state index contributed by atoms with van der Waals surface area (Å²) in [7, 11) is 0. The molecule has 0 fully saturated rings. The molecular formula is C16H19FN2. The maximum atomic E-state index is 13.2. The normalized spacial score (nSPS) is 10.5. The van der Waals surface area contributed by atoms with Crippen molar-refractivity contribution in [1.82, 2.24) is 0 Å². The van der Waals surface area contributed by atoms with E-state index in [1.54, 1.807) is 6.92 Å². The van der Waals surface area contributed by atoms with Crippen LogP contribution >= 0.6 is 0 Å². The van der Waals surface area contributed by atoms with Gasteiger partial charge in [-0.15, -0.1) is 0 Å². The van der Waals surface area contributed by atoms with E-state index >= 15 is 0 Å². The molecule has 0 heterocycles. The first-order chi connectivity index (χ1) is 9.08. The summed E-state index contributed by atoms with van der Waals surface area (Å²) in [5.74, 6) is -0.153. The van der Waals surface area contributed by atoms with Crippen LogP contribution in [-0.2, 0) is 6.42 Å². The number of nitrogens with one attached hydrogen (secondary N) is 1. The topological polar surface area (TPSA) is 38.0 Å². The molecule has 0 unspecified atom stereocenters. The summed E-state index contributed by atoms with van der Waals surface area (Å²) in [5.41, 5.74) is 10.6. The second-order valence-electron chi connectivity index (χ2n) is 4.80. The van der Waals surface area contributed by atoms with Gasteiger partial charge in [0.25, 0.3) is 0 Å². The minimum atomic E-state index is -0.153. The van der Waals surface area contributed by atoms with Crippen LogP contribution in [0, 0.1) is 19.7 Å². The number of para-hydroxylation sites is 1. The Kier molecular flexibility index (Phi) is 4.05. The molecular weight excluding hydrogens is 239 g/mol. The second-order valence-corrected chi connectivity index (χ2v) is 4.80. The molecule has 100 valence electrons. The highest BCUT2D eigenvalue weighted by atomic mass is 19.1. The quantitative estimate of drug-likeness (QED) is 0.821. The number of aryl methyl sites for hydroxylation is 2. The molecule has 2 aromatic rings. The van der Waals surface area contributed by atoms with Crippen LogP contribution in [0.5, 0.6) is 0 Å². The Bertz CT molecular complexity index is 559. The van der Waals surface area contributed by atoms with Crippen LogP contribution in [0.15, 0.2) is 36.4 Å². The summed E-state index contributed by atoms with van der Waals surface area (Å²) in [6.45, 7) is 4.59. The maximum Gasteiger partial charge on any atom is 0.126 e. The van der Waals surface area contributed by atoms with Crippen LogP contribution in [-0.4, -0.2) is 6.54 Å². The van der Waals surface area contributed by atoms with E-state index in [9.17, 15) is 4.39 Å². The van der Waals surface area contributed by atoms with Gasteiger partial charge in [-0.05, 0) is 49.1 Å². The molecule has 19 heavy (non-hydrogen) atoms. The van der Waals surface area contributed by atoms with Gasteiger partial charge in [-0.2, -0.15) is 0 Å². The SMILES string of the molecule is Cc1cc(CCNc2c(C)cccc2N)ccc1F. The number of benzene rings is 2. The highest BCUT2D eigenvalue weighted by molar-refractivity contribution is 5.69. The molecule has 0 spiro atoms. The van der Waals surface area contributed by atoms with Crippen molar-refractivity contribution >= 4 is 11.4 Å². The molecule has 0 amide bonds. The van der Waals surface area contributed by atoms with E-state index < -0.39 is 0 Å². The van der Waals surface area contributed by atoms with E-state index in [1.807, 2.05) is 37.3 Å². The van der Waals surface area contributed by atoms with Crippen LogP contribution in [0.4, 0.5) is 15.8 Å². The zero-order chi connectivity index (χ0) is 13.8. The van der Waals surface area contributed by atoms with Gasteiger partial charge in [-0.3, -0.25) is 0 Å². The Morgan fingerprint density at radius 1 is 1.11 bits per heavy atom. The first-order valence-electron chi connectivity index (χ1n) is 6.42. The lowest BCUT2D eigenvalue weighted by Crippen LogP contribution is -2.08. The molecule has 3 heteroatoms. The lowest BCUT2D eigenvalue weighted by molar-refractivity contribution is 0.617. The van der Waals surface area contributed by atoms with Gasteiger partial charge in [0.15, 0.2) is 0 Å². The highest BCUT2D eigenvalue weighted by Gasteiger charge is 2.03. The van der Waals surface area contributed by atoms with E-state index in [-0.39, 0.29) is 5.82 Å². The van der Waals surface area contributed by atoms with Gasteiger partial charge in [0.1, 0.15) is 5.82 Å². The minimum absolute atomic E-state index is 0.153. The summed E-state index contributed by atoms with van der Waals surface area (Å²) in [4.78, 5) is 0. The van der Waals surface area contributed by atoms with E-state index in [4.69, 9.17) is 5.73 Å². The summed E-state index contributed by atoms with van der Waals surface area (Å²) in [6.07, 6.45) is 0.842. The molecule has 0 saturated carbocycles. The van der Waals surface area contributed by atoms with Crippen LogP contribution < -0.4 is 11.1 Å². The lowest BCUT2D eigenvalue weighted by atomic mass is 10.1. The second kappa shape index (κ2) is 5.74. The lowest BCUT2D eigenvalue weighted by Gasteiger charge is -2.12. The number of nitrogens with two attached hydrogens (primary N) is 1. The van der Waals surface area contributed by atoms with Crippen molar-refractivity contribution in [1.29, 1.82) is 0 Å². The number of hydrogen-bond acceptors (Lipinski definition) is 2. The Hall–Kier alpha value is -2.03. The number of hydrogen-bond donors (Lipinski definition) is 2. The number of nitrogen functional groups attached to an aromatic ring is 1. The predicted octanol–water partition coefficient (Wildman–Crippen LogP) is 3.68. The summed E-state index contributed by atoms with van der Waals surface area (Å²) in [6, 6.07) is 11.1. The van der Waals surface area contributed by atoms with E-state index in [1.165, 1.54) is 6.07 Å². The number of halogens is 1. The third kappa shape index (κ3) is 3.25. The average molecular weight is 258 g/mol. The van der Waals surface area contributed by atoms with Crippen molar-refractivity contribution < 1.29 is 4.39 Å². The fraction of sp³-hybridized carbons (Fsp3) is 0.250. The first-order valence-corrected chi connectivity index (χ1v) is 6.42. The van der Waals surface area contributed by atoms with Gasteiger partial charge in [0.05, 0.1) is 11.4 Å². The molecule has 2 nitrogen and oxygen atoms in total.